The third kappa shape index (κ3) is 3.36. The minimum absolute atomic E-state index is 0.0175. The molecule has 1 rings (SSSR count). The lowest BCUT2D eigenvalue weighted by Gasteiger charge is -2.12. The monoisotopic (exact) mass is 210 g/mol. The number of aromatic nitrogens is 2. The Morgan fingerprint density at radius 3 is 2.93 bits per heavy atom. The number of hydrogen-bond acceptors (Lipinski definition) is 3. The van der Waals surface area contributed by atoms with E-state index in [1.54, 1.807) is 10.9 Å². The van der Waals surface area contributed by atoms with Gasteiger partial charge in [0.2, 0.25) is 5.91 Å². The maximum atomic E-state index is 11.6. The number of amides is 1. The van der Waals surface area contributed by atoms with E-state index in [0.717, 1.165) is 5.56 Å². The van der Waals surface area contributed by atoms with E-state index in [1.165, 1.54) is 0 Å². The highest BCUT2D eigenvalue weighted by Crippen LogP contribution is 2.06. The van der Waals surface area contributed by atoms with Crippen LogP contribution in [0.4, 0.5) is 0 Å². The molecule has 0 aliphatic carbocycles. The van der Waals surface area contributed by atoms with Crippen molar-refractivity contribution in [3.63, 3.8) is 0 Å². The van der Waals surface area contributed by atoms with Crippen LogP contribution >= 0.6 is 0 Å². The van der Waals surface area contributed by atoms with Gasteiger partial charge in [-0.05, 0) is 18.9 Å². The summed E-state index contributed by atoms with van der Waals surface area (Å²) in [6.45, 7) is 2.90. The maximum absolute atomic E-state index is 11.6. The second-order valence-electron chi connectivity index (χ2n) is 3.55. The van der Waals surface area contributed by atoms with Gasteiger partial charge in [-0.25, -0.2) is 0 Å². The van der Waals surface area contributed by atoms with Crippen LogP contribution < -0.4 is 11.1 Å². The Hall–Kier alpha value is -1.36. The van der Waals surface area contributed by atoms with Gasteiger partial charge in [0.15, 0.2) is 0 Å². The molecule has 1 unspecified atom stereocenters. The van der Waals surface area contributed by atoms with Crippen molar-refractivity contribution in [1.82, 2.24) is 15.1 Å². The first-order valence-corrected chi connectivity index (χ1v) is 5.12. The Bertz CT molecular complexity index is 321. The lowest BCUT2D eigenvalue weighted by Crippen LogP contribution is -2.36. The van der Waals surface area contributed by atoms with E-state index in [-0.39, 0.29) is 11.8 Å². The smallest absolute Gasteiger partial charge is 0.224 e. The van der Waals surface area contributed by atoms with E-state index in [4.69, 9.17) is 5.73 Å². The highest BCUT2D eigenvalue weighted by atomic mass is 16.1. The molecule has 0 aliphatic heterocycles. The molecule has 0 aromatic carbocycles. The molecule has 0 saturated carbocycles. The third-order valence-corrected chi connectivity index (χ3v) is 2.25. The van der Waals surface area contributed by atoms with Crippen molar-refractivity contribution in [1.29, 1.82) is 0 Å². The number of carbonyl (C=O) groups is 1. The molecular weight excluding hydrogens is 192 g/mol. The molecule has 0 bridgehead atoms. The molecule has 0 spiro atoms. The Morgan fingerprint density at radius 1 is 1.73 bits per heavy atom. The Morgan fingerprint density at radius 2 is 2.47 bits per heavy atom. The summed E-state index contributed by atoms with van der Waals surface area (Å²) >= 11 is 0. The van der Waals surface area contributed by atoms with Crippen molar-refractivity contribution in [2.75, 3.05) is 13.1 Å². The molecule has 0 aliphatic rings. The van der Waals surface area contributed by atoms with Crippen molar-refractivity contribution in [3.8, 4) is 0 Å². The largest absolute Gasteiger partial charge is 0.356 e. The van der Waals surface area contributed by atoms with Crippen molar-refractivity contribution < 1.29 is 4.79 Å². The van der Waals surface area contributed by atoms with E-state index in [2.05, 4.69) is 10.4 Å². The molecule has 1 atom stereocenters. The summed E-state index contributed by atoms with van der Waals surface area (Å²) < 4.78 is 1.72. The summed E-state index contributed by atoms with van der Waals surface area (Å²) in [6.07, 6.45) is 4.32. The molecule has 0 radical (unpaired) electrons. The SMILES string of the molecule is CCNC(=O)C(CN)Cc1cnn(C)c1. The van der Waals surface area contributed by atoms with Crippen LogP contribution in [0.1, 0.15) is 12.5 Å². The van der Waals surface area contributed by atoms with Crippen LogP contribution in [0.15, 0.2) is 12.4 Å². The molecule has 0 saturated heterocycles. The van der Waals surface area contributed by atoms with Crippen LogP contribution in [0, 0.1) is 5.92 Å². The Labute approximate surface area is 89.6 Å². The minimum atomic E-state index is -0.158. The van der Waals surface area contributed by atoms with Gasteiger partial charge < -0.3 is 11.1 Å². The highest BCUT2D eigenvalue weighted by Gasteiger charge is 2.16. The van der Waals surface area contributed by atoms with Crippen molar-refractivity contribution in [2.45, 2.75) is 13.3 Å². The molecule has 3 N–H and O–H groups in total. The zero-order valence-electron chi connectivity index (χ0n) is 9.23. The first kappa shape index (κ1) is 11.7. The fraction of sp³-hybridized carbons (Fsp3) is 0.600. The minimum Gasteiger partial charge on any atom is -0.356 e. The molecule has 5 nitrogen and oxygen atoms in total. The number of nitrogens with zero attached hydrogens (tertiary/aromatic N) is 2. The van der Waals surface area contributed by atoms with Gasteiger partial charge in [-0.1, -0.05) is 0 Å². The predicted molar refractivity (Wildman–Crippen MR) is 58.1 cm³/mol. The highest BCUT2D eigenvalue weighted by molar-refractivity contribution is 5.79. The molecule has 0 fully saturated rings. The Balaban J connectivity index is 2.57. The quantitative estimate of drug-likeness (QED) is 0.699. The van der Waals surface area contributed by atoms with Crippen LogP contribution in [-0.4, -0.2) is 28.8 Å². The van der Waals surface area contributed by atoms with Crippen LogP contribution in [-0.2, 0) is 18.3 Å². The molecular formula is C10H18N4O. The van der Waals surface area contributed by atoms with Gasteiger partial charge in [0, 0.05) is 26.3 Å². The summed E-state index contributed by atoms with van der Waals surface area (Å²) in [7, 11) is 1.85. The van der Waals surface area contributed by atoms with E-state index in [9.17, 15) is 4.79 Å². The number of hydrogen-bond donors (Lipinski definition) is 2. The van der Waals surface area contributed by atoms with Crippen molar-refractivity contribution >= 4 is 5.91 Å². The average Bonchev–Trinajstić information content (AvgIpc) is 2.61. The summed E-state index contributed by atoms with van der Waals surface area (Å²) in [5, 5.41) is 6.83. The zero-order valence-corrected chi connectivity index (χ0v) is 9.23. The molecule has 1 amide bonds. The van der Waals surface area contributed by atoms with E-state index in [1.807, 2.05) is 20.2 Å². The van der Waals surface area contributed by atoms with Gasteiger partial charge in [-0.2, -0.15) is 5.10 Å². The second kappa shape index (κ2) is 5.50. The molecule has 1 heterocycles. The van der Waals surface area contributed by atoms with Gasteiger partial charge in [-0.15, -0.1) is 0 Å². The maximum Gasteiger partial charge on any atom is 0.224 e. The van der Waals surface area contributed by atoms with Crippen LogP contribution in [0.25, 0.3) is 0 Å². The topological polar surface area (TPSA) is 72.9 Å². The molecule has 15 heavy (non-hydrogen) atoms. The van der Waals surface area contributed by atoms with Gasteiger partial charge in [0.1, 0.15) is 0 Å². The van der Waals surface area contributed by atoms with Crippen LogP contribution in [0.5, 0.6) is 0 Å². The first-order valence-electron chi connectivity index (χ1n) is 5.12. The molecule has 84 valence electrons. The summed E-state index contributed by atoms with van der Waals surface area (Å²) in [4.78, 5) is 11.6. The Kier molecular flexibility index (Phi) is 4.30. The van der Waals surface area contributed by atoms with Gasteiger partial charge in [0.05, 0.1) is 12.1 Å². The summed E-state index contributed by atoms with van der Waals surface area (Å²) in [5.74, 6) is -0.141. The van der Waals surface area contributed by atoms with Crippen LogP contribution in [0.2, 0.25) is 0 Å². The lowest BCUT2D eigenvalue weighted by atomic mass is 10.0. The van der Waals surface area contributed by atoms with Crippen molar-refractivity contribution in [2.24, 2.45) is 18.7 Å². The fourth-order valence-corrected chi connectivity index (χ4v) is 1.46. The zero-order chi connectivity index (χ0) is 11.3. The summed E-state index contributed by atoms with van der Waals surface area (Å²) in [6, 6.07) is 0. The van der Waals surface area contributed by atoms with E-state index >= 15 is 0 Å². The van der Waals surface area contributed by atoms with Crippen LogP contribution in [0.3, 0.4) is 0 Å². The number of carbonyl (C=O) groups excluding carboxylic acids is 1. The number of nitrogens with one attached hydrogen (secondary N) is 1. The first-order chi connectivity index (χ1) is 7.17. The van der Waals surface area contributed by atoms with Gasteiger partial charge >= 0.3 is 0 Å². The number of rotatable bonds is 5. The summed E-state index contributed by atoms with van der Waals surface area (Å²) in [5.41, 5.74) is 6.61. The van der Waals surface area contributed by atoms with Gasteiger partial charge in [0.25, 0.3) is 0 Å². The normalized spacial score (nSPS) is 12.5. The molecule has 1 aromatic rings. The van der Waals surface area contributed by atoms with Gasteiger partial charge in [-0.3, -0.25) is 9.48 Å². The lowest BCUT2D eigenvalue weighted by molar-refractivity contribution is -0.124. The van der Waals surface area contributed by atoms with E-state index in [0.29, 0.717) is 19.5 Å². The molecule has 1 aromatic heterocycles. The van der Waals surface area contributed by atoms with E-state index < -0.39 is 0 Å². The fourth-order valence-electron chi connectivity index (χ4n) is 1.46. The predicted octanol–water partition coefficient (Wildman–Crippen LogP) is -0.326. The second-order valence-corrected chi connectivity index (χ2v) is 3.55. The molecule has 5 heteroatoms. The van der Waals surface area contributed by atoms with Crippen molar-refractivity contribution in [3.05, 3.63) is 18.0 Å². The standard InChI is InChI=1S/C10H18N4O/c1-3-12-10(15)9(5-11)4-8-6-13-14(2)7-8/h6-7,9H,3-5,11H2,1-2H3,(H,12,15). The number of aryl methyl sites for hydroxylation is 1. The number of nitrogens with two attached hydrogens (primary N) is 1. The average molecular weight is 210 g/mol. The third-order valence-electron chi connectivity index (χ3n) is 2.25.